The van der Waals surface area contributed by atoms with E-state index in [-0.39, 0.29) is 11.5 Å². The van der Waals surface area contributed by atoms with Crippen LogP contribution in [-0.2, 0) is 24.1 Å². The van der Waals surface area contributed by atoms with E-state index in [4.69, 9.17) is 9.72 Å². The van der Waals surface area contributed by atoms with Crippen LogP contribution in [0.4, 0.5) is 0 Å². The van der Waals surface area contributed by atoms with Gasteiger partial charge in [-0.3, -0.25) is 14.2 Å². The van der Waals surface area contributed by atoms with Crippen molar-refractivity contribution in [2.45, 2.75) is 51.5 Å². The molecule has 2 aromatic carbocycles. The molecular formula is C26H31N3O3. The van der Waals surface area contributed by atoms with E-state index in [1.54, 1.807) is 18.2 Å². The number of nitrogens with one attached hydrogen (secondary N) is 1. The zero-order valence-corrected chi connectivity index (χ0v) is 18.5. The maximum absolute atomic E-state index is 12.9. The monoisotopic (exact) mass is 433 g/mol. The van der Waals surface area contributed by atoms with Crippen molar-refractivity contribution in [3.63, 3.8) is 0 Å². The van der Waals surface area contributed by atoms with Crippen LogP contribution < -0.4 is 10.9 Å². The molecule has 4 rings (SSSR count). The van der Waals surface area contributed by atoms with E-state index < -0.39 is 0 Å². The summed E-state index contributed by atoms with van der Waals surface area (Å²) < 4.78 is 7.49. The van der Waals surface area contributed by atoms with Gasteiger partial charge in [-0.05, 0) is 49.4 Å². The smallest absolute Gasteiger partial charge is 0.261 e. The fraction of sp³-hybridized carbons (Fsp3) is 0.423. The molecular weight excluding hydrogens is 402 g/mol. The van der Waals surface area contributed by atoms with Gasteiger partial charge in [0.05, 0.1) is 17.5 Å². The number of ether oxygens (including phenoxy) is 1. The Labute approximate surface area is 188 Å². The van der Waals surface area contributed by atoms with Crippen molar-refractivity contribution < 1.29 is 9.53 Å². The van der Waals surface area contributed by atoms with Gasteiger partial charge in [-0.1, -0.05) is 43.2 Å². The van der Waals surface area contributed by atoms with E-state index in [0.29, 0.717) is 36.2 Å². The number of aryl methyl sites for hydroxylation is 1. The van der Waals surface area contributed by atoms with Gasteiger partial charge in [0.25, 0.3) is 11.5 Å². The average Bonchev–Trinajstić information content (AvgIpc) is 2.80. The molecule has 32 heavy (non-hydrogen) atoms. The summed E-state index contributed by atoms with van der Waals surface area (Å²) >= 11 is 0. The molecule has 6 nitrogen and oxygen atoms in total. The zero-order valence-electron chi connectivity index (χ0n) is 18.5. The molecule has 1 aliphatic heterocycles. The summed E-state index contributed by atoms with van der Waals surface area (Å²) in [4.78, 5) is 30.2. The number of rotatable bonds is 8. The van der Waals surface area contributed by atoms with E-state index >= 15 is 0 Å². The lowest BCUT2D eigenvalue weighted by Gasteiger charge is -2.16. The molecule has 3 aromatic rings. The number of carbonyl (C=O) groups is 1. The third-order valence-electron chi connectivity index (χ3n) is 5.96. The first-order valence-corrected chi connectivity index (χ1v) is 11.7. The Kier molecular flexibility index (Phi) is 7.67. The maximum Gasteiger partial charge on any atom is 0.261 e. The van der Waals surface area contributed by atoms with E-state index in [0.717, 1.165) is 50.9 Å². The molecule has 1 aliphatic rings. The summed E-state index contributed by atoms with van der Waals surface area (Å²) in [5.74, 6) is 0.692. The average molecular weight is 434 g/mol. The summed E-state index contributed by atoms with van der Waals surface area (Å²) in [7, 11) is 0. The third-order valence-corrected chi connectivity index (χ3v) is 5.96. The second-order valence-corrected chi connectivity index (χ2v) is 8.34. The molecule has 0 spiro atoms. The number of carbonyl (C=O) groups excluding carboxylic acids is 1. The second-order valence-electron chi connectivity index (χ2n) is 8.34. The van der Waals surface area contributed by atoms with Crippen LogP contribution in [0.25, 0.3) is 10.9 Å². The highest BCUT2D eigenvalue weighted by atomic mass is 16.5. The van der Waals surface area contributed by atoms with Gasteiger partial charge >= 0.3 is 0 Å². The minimum Gasteiger partial charge on any atom is -0.381 e. The van der Waals surface area contributed by atoms with Crippen molar-refractivity contribution in [1.82, 2.24) is 14.9 Å². The van der Waals surface area contributed by atoms with Gasteiger partial charge < -0.3 is 10.1 Å². The quantitative estimate of drug-likeness (QED) is 0.547. The molecule has 0 saturated heterocycles. The molecule has 0 bridgehead atoms. The van der Waals surface area contributed by atoms with Crippen molar-refractivity contribution in [2.75, 3.05) is 19.8 Å². The van der Waals surface area contributed by atoms with Crippen LogP contribution in [0.3, 0.4) is 0 Å². The highest BCUT2D eigenvalue weighted by Crippen LogP contribution is 2.16. The molecule has 0 fully saturated rings. The highest BCUT2D eigenvalue weighted by Gasteiger charge is 2.14. The van der Waals surface area contributed by atoms with Crippen LogP contribution in [0, 0.1) is 0 Å². The zero-order chi connectivity index (χ0) is 22.2. The fourth-order valence-corrected chi connectivity index (χ4v) is 4.15. The van der Waals surface area contributed by atoms with Gasteiger partial charge in [0.15, 0.2) is 0 Å². The molecule has 168 valence electrons. The van der Waals surface area contributed by atoms with Crippen LogP contribution in [0.15, 0.2) is 53.3 Å². The van der Waals surface area contributed by atoms with Gasteiger partial charge in [0.2, 0.25) is 0 Å². The predicted octanol–water partition coefficient (Wildman–Crippen LogP) is 3.89. The van der Waals surface area contributed by atoms with Crippen LogP contribution in [0.5, 0.6) is 0 Å². The Morgan fingerprint density at radius 2 is 1.88 bits per heavy atom. The van der Waals surface area contributed by atoms with Crippen molar-refractivity contribution in [3.05, 3.63) is 75.8 Å². The van der Waals surface area contributed by atoms with Crippen molar-refractivity contribution in [3.8, 4) is 0 Å². The summed E-state index contributed by atoms with van der Waals surface area (Å²) in [5, 5.41) is 3.52. The van der Waals surface area contributed by atoms with Gasteiger partial charge in [0, 0.05) is 31.7 Å². The van der Waals surface area contributed by atoms with Crippen molar-refractivity contribution in [1.29, 1.82) is 0 Å². The summed E-state index contributed by atoms with van der Waals surface area (Å²) in [6.07, 6.45) is 6.84. The minimum atomic E-state index is -0.148. The van der Waals surface area contributed by atoms with Gasteiger partial charge in [0.1, 0.15) is 5.82 Å². The Bertz CT molecular complexity index is 1110. The lowest BCUT2D eigenvalue weighted by molar-refractivity contribution is 0.0942. The Hall–Kier alpha value is -2.99. The number of fused-ring (bicyclic) bond motifs is 2. The normalized spacial score (nSPS) is 13.9. The molecule has 0 unspecified atom stereocenters. The lowest BCUT2D eigenvalue weighted by Crippen LogP contribution is -2.27. The van der Waals surface area contributed by atoms with Crippen LogP contribution in [-0.4, -0.2) is 35.2 Å². The topological polar surface area (TPSA) is 73.2 Å². The molecule has 0 saturated carbocycles. The number of nitrogens with zero attached hydrogens (tertiary/aromatic N) is 2. The maximum atomic E-state index is 12.9. The van der Waals surface area contributed by atoms with E-state index in [1.807, 2.05) is 22.8 Å². The standard InChI is InChI=1S/C26H31N3O3/c30-25(27-15-8-17-32-18-14-20-9-4-3-5-10-20)21-12-13-22-23(19-21)28-24-11-6-1-2-7-16-29(24)26(22)31/h3-5,9-10,12-13,19H,1-2,6-8,11,14-18H2,(H,27,30). The van der Waals surface area contributed by atoms with Crippen molar-refractivity contribution in [2.24, 2.45) is 0 Å². The molecule has 1 aromatic heterocycles. The number of benzene rings is 2. The summed E-state index contributed by atoms with van der Waals surface area (Å²) in [6, 6.07) is 15.4. The van der Waals surface area contributed by atoms with Crippen LogP contribution >= 0.6 is 0 Å². The SMILES string of the molecule is O=C(NCCCOCCc1ccccc1)c1ccc2c(=O)n3c(nc2c1)CCCCCC3. The van der Waals surface area contributed by atoms with E-state index in [1.165, 1.54) is 12.0 Å². The first kappa shape index (κ1) is 22.2. The summed E-state index contributed by atoms with van der Waals surface area (Å²) in [5.41, 5.74) is 2.41. The van der Waals surface area contributed by atoms with Gasteiger partial charge in [-0.15, -0.1) is 0 Å². The number of hydrogen-bond donors (Lipinski definition) is 1. The Morgan fingerprint density at radius 1 is 1.03 bits per heavy atom. The van der Waals surface area contributed by atoms with Gasteiger partial charge in [-0.25, -0.2) is 4.98 Å². The first-order chi connectivity index (χ1) is 15.7. The molecule has 0 aliphatic carbocycles. The minimum absolute atomic E-state index is 0.00603. The Balaban J connectivity index is 1.29. The van der Waals surface area contributed by atoms with Crippen molar-refractivity contribution >= 4 is 16.8 Å². The first-order valence-electron chi connectivity index (χ1n) is 11.7. The van der Waals surface area contributed by atoms with Crippen LogP contribution in [0.2, 0.25) is 0 Å². The third kappa shape index (κ3) is 5.62. The van der Waals surface area contributed by atoms with Gasteiger partial charge in [-0.2, -0.15) is 0 Å². The van der Waals surface area contributed by atoms with E-state index in [9.17, 15) is 9.59 Å². The predicted molar refractivity (Wildman–Crippen MR) is 126 cm³/mol. The number of aromatic nitrogens is 2. The number of amides is 1. The second kappa shape index (κ2) is 11.0. The van der Waals surface area contributed by atoms with E-state index in [2.05, 4.69) is 17.4 Å². The lowest BCUT2D eigenvalue weighted by atomic mass is 10.1. The Morgan fingerprint density at radius 3 is 2.75 bits per heavy atom. The largest absolute Gasteiger partial charge is 0.381 e. The molecule has 1 N–H and O–H groups in total. The molecule has 1 amide bonds. The molecule has 0 atom stereocenters. The molecule has 2 heterocycles. The molecule has 6 heteroatoms. The number of hydrogen-bond acceptors (Lipinski definition) is 4. The van der Waals surface area contributed by atoms with Crippen LogP contribution in [0.1, 0.15) is 53.8 Å². The molecule has 0 radical (unpaired) electrons. The summed E-state index contributed by atoms with van der Waals surface area (Å²) in [6.45, 7) is 2.55. The fourth-order valence-electron chi connectivity index (χ4n) is 4.15. The highest BCUT2D eigenvalue weighted by molar-refractivity contribution is 5.97.